The van der Waals surface area contributed by atoms with Crippen LogP contribution in [0.2, 0.25) is 0 Å². The molecule has 0 N–H and O–H groups in total. The highest BCUT2D eigenvalue weighted by Crippen LogP contribution is 2.29. The second kappa shape index (κ2) is 10.0. The molecule has 2 amide bonds. The van der Waals surface area contributed by atoms with E-state index >= 15 is 0 Å². The summed E-state index contributed by atoms with van der Waals surface area (Å²) < 4.78 is 15.5. The van der Waals surface area contributed by atoms with Gasteiger partial charge in [0, 0.05) is 39.3 Å². The van der Waals surface area contributed by atoms with Gasteiger partial charge in [-0.05, 0) is 43.4 Å². The molecule has 190 valence electrons. The molecule has 4 heterocycles. The predicted octanol–water partition coefficient (Wildman–Crippen LogP) is 3.13. The van der Waals surface area contributed by atoms with Gasteiger partial charge in [-0.15, -0.1) is 11.3 Å². The minimum absolute atomic E-state index is 0.0505. The number of fused-ring (bicyclic) bond motifs is 1. The van der Waals surface area contributed by atoms with E-state index in [2.05, 4.69) is 11.9 Å². The van der Waals surface area contributed by atoms with Crippen molar-refractivity contribution in [3.8, 4) is 0 Å². The Morgan fingerprint density at radius 1 is 1.11 bits per heavy atom. The number of para-hydroxylation sites is 1. The van der Waals surface area contributed by atoms with Crippen molar-refractivity contribution in [2.24, 2.45) is 5.92 Å². The Morgan fingerprint density at radius 2 is 1.86 bits per heavy atom. The van der Waals surface area contributed by atoms with Crippen LogP contribution in [0.3, 0.4) is 0 Å². The first-order valence-corrected chi connectivity index (χ1v) is 13.2. The third kappa shape index (κ3) is 4.61. The monoisotopic (exact) mass is 511 g/mol. The van der Waals surface area contributed by atoms with E-state index in [-0.39, 0.29) is 29.7 Å². The fourth-order valence-corrected chi connectivity index (χ4v) is 6.25. The van der Waals surface area contributed by atoms with E-state index in [0.29, 0.717) is 71.5 Å². The number of benzene rings is 1. The minimum atomic E-state index is -0.296. The van der Waals surface area contributed by atoms with Gasteiger partial charge in [0.1, 0.15) is 17.2 Å². The maximum absolute atomic E-state index is 14.2. The van der Waals surface area contributed by atoms with E-state index in [4.69, 9.17) is 0 Å². The number of nitrogens with zero attached hydrogens (tertiary/aromatic N) is 5. The number of anilines is 1. The lowest BCUT2D eigenvalue weighted by Gasteiger charge is -2.36. The molecule has 8 nitrogen and oxygen atoms in total. The molecule has 3 aromatic rings. The van der Waals surface area contributed by atoms with Crippen LogP contribution in [0.1, 0.15) is 35.0 Å². The van der Waals surface area contributed by atoms with E-state index < -0.39 is 0 Å². The standard InChI is InChI=1S/C26H30FN5O3S/c1-17-6-5-9-31(14-17)21(33)15-32-16-28-24-22(25(32)34)18(2)23(36-24)26(35)30-12-10-29(11-13-30)20-8-4-3-7-19(20)27/h3-4,7-8,16-17H,5-6,9-15H2,1-2H3/t17-/m0/s1. The Kier molecular flexibility index (Phi) is 6.79. The molecule has 0 aliphatic carbocycles. The van der Waals surface area contributed by atoms with Gasteiger partial charge < -0.3 is 14.7 Å². The molecule has 36 heavy (non-hydrogen) atoms. The summed E-state index contributed by atoms with van der Waals surface area (Å²) in [6.07, 6.45) is 3.50. The fourth-order valence-electron chi connectivity index (χ4n) is 5.14. The second-order valence-electron chi connectivity index (χ2n) is 9.73. The third-order valence-electron chi connectivity index (χ3n) is 7.19. The van der Waals surface area contributed by atoms with Gasteiger partial charge in [-0.25, -0.2) is 9.37 Å². The van der Waals surface area contributed by atoms with E-state index in [1.54, 1.807) is 30.0 Å². The third-order valence-corrected chi connectivity index (χ3v) is 8.37. The molecule has 2 saturated heterocycles. The van der Waals surface area contributed by atoms with Crippen LogP contribution in [-0.2, 0) is 11.3 Å². The summed E-state index contributed by atoms with van der Waals surface area (Å²) in [6.45, 7) is 7.25. The van der Waals surface area contributed by atoms with E-state index in [1.807, 2.05) is 9.80 Å². The van der Waals surface area contributed by atoms with Gasteiger partial charge in [-0.1, -0.05) is 19.1 Å². The molecule has 0 radical (unpaired) electrons. The molecule has 2 aromatic heterocycles. The quantitative estimate of drug-likeness (QED) is 0.538. The van der Waals surface area contributed by atoms with Crippen LogP contribution in [-0.4, -0.2) is 70.4 Å². The number of carbonyl (C=O) groups is 2. The number of rotatable bonds is 4. The Labute approximate surface area is 212 Å². The largest absolute Gasteiger partial charge is 0.366 e. The summed E-state index contributed by atoms with van der Waals surface area (Å²) in [6, 6.07) is 6.65. The molecular formula is C26H30FN5O3S. The summed E-state index contributed by atoms with van der Waals surface area (Å²) in [4.78, 5) is 50.3. The van der Waals surface area contributed by atoms with Gasteiger partial charge >= 0.3 is 0 Å². The first-order valence-electron chi connectivity index (χ1n) is 12.4. The number of hydrogen-bond acceptors (Lipinski definition) is 6. The van der Waals surface area contributed by atoms with Gasteiger partial charge in [0.25, 0.3) is 11.5 Å². The molecule has 0 spiro atoms. The van der Waals surface area contributed by atoms with Crippen molar-refractivity contribution < 1.29 is 14.0 Å². The normalized spacial score (nSPS) is 18.6. The molecule has 5 rings (SSSR count). The molecule has 1 aromatic carbocycles. The highest BCUT2D eigenvalue weighted by molar-refractivity contribution is 7.20. The average molecular weight is 512 g/mol. The SMILES string of the molecule is Cc1c(C(=O)N2CCN(c3ccccc3F)CC2)sc2ncn(CC(=O)N3CCC[C@H](C)C3)c(=O)c12. The molecule has 0 bridgehead atoms. The number of likely N-dealkylation sites (tertiary alicyclic amines) is 1. The van der Waals surface area contributed by atoms with Crippen LogP contribution in [0.15, 0.2) is 35.4 Å². The van der Waals surface area contributed by atoms with Crippen LogP contribution in [0.25, 0.3) is 10.2 Å². The minimum Gasteiger partial charge on any atom is -0.366 e. The summed E-state index contributed by atoms with van der Waals surface area (Å²) in [5, 5.41) is 0.399. The number of carbonyl (C=O) groups excluding carboxylic acids is 2. The first kappa shape index (κ1) is 24.4. The topological polar surface area (TPSA) is 78.8 Å². The molecule has 0 unspecified atom stereocenters. The molecule has 1 atom stereocenters. The van der Waals surface area contributed by atoms with Crippen molar-refractivity contribution in [2.45, 2.75) is 33.2 Å². The lowest BCUT2D eigenvalue weighted by atomic mass is 10.0. The summed E-state index contributed by atoms with van der Waals surface area (Å²) >= 11 is 1.21. The van der Waals surface area contributed by atoms with Crippen LogP contribution in [0, 0.1) is 18.7 Å². The van der Waals surface area contributed by atoms with Crippen molar-refractivity contribution >= 4 is 39.1 Å². The maximum Gasteiger partial charge on any atom is 0.264 e. The molecule has 10 heteroatoms. The van der Waals surface area contributed by atoms with Gasteiger partial charge in [0.2, 0.25) is 5.91 Å². The summed E-state index contributed by atoms with van der Waals surface area (Å²) in [5.41, 5.74) is 0.846. The highest BCUT2D eigenvalue weighted by Gasteiger charge is 2.28. The number of hydrogen-bond donors (Lipinski definition) is 0. The zero-order valence-corrected chi connectivity index (χ0v) is 21.4. The van der Waals surface area contributed by atoms with Crippen molar-refractivity contribution in [1.82, 2.24) is 19.4 Å². The number of aryl methyl sites for hydroxylation is 1. The summed E-state index contributed by atoms with van der Waals surface area (Å²) in [5.74, 6) is -0.0377. The van der Waals surface area contributed by atoms with E-state index in [0.717, 1.165) is 12.8 Å². The second-order valence-corrected chi connectivity index (χ2v) is 10.7. The molecule has 2 fully saturated rings. The van der Waals surface area contributed by atoms with Gasteiger partial charge in [-0.3, -0.25) is 19.0 Å². The predicted molar refractivity (Wildman–Crippen MR) is 138 cm³/mol. The highest BCUT2D eigenvalue weighted by atomic mass is 32.1. The summed E-state index contributed by atoms with van der Waals surface area (Å²) in [7, 11) is 0. The average Bonchev–Trinajstić information content (AvgIpc) is 3.22. The zero-order chi connectivity index (χ0) is 25.4. The van der Waals surface area contributed by atoms with Crippen LogP contribution in [0.4, 0.5) is 10.1 Å². The molecule has 2 aliphatic heterocycles. The maximum atomic E-state index is 14.2. The first-order chi connectivity index (χ1) is 17.3. The van der Waals surface area contributed by atoms with Crippen molar-refractivity contribution in [3.05, 3.63) is 57.2 Å². The smallest absolute Gasteiger partial charge is 0.264 e. The number of piperazine rings is 1. The molecule has 2 aliphatic rings. The molecular weight excluding hydrogens is 481 g/mol. The van der Waals surface area contributed by atoms with Crippen molar-refractivity contribution in [3.63, 3.8) is 0 Å². The Bertz CT molecular complexity index is 1360. The van der Waals surface area contributed by atoms with Crippen LogP contribution in [0.5, 0.6) is 0 Å². The fraction of sp³-hybridized carbons (Fsp3) is 0.462. The van der Waals surface area contributed by atoms with Crippen molar-refractivity contribution in [1.29, 1.82) is 0 Å². The number of piperidine rings is 1. The van der Waals surface area contributed by atoms with E-state index in [1.165, 1.54) is 28.3 Å². The zero-order valence-electron chi connectivity index (χ0n) is 20.6. The Hall–Kier alpha value is -3.27. The lowest BCUT2D eigenvalue weighted by Crippen LogP contribution is -2.49. The number of thiophene rings is 1. The Balaban J connectivity index is 1.32. The number of aromatic nitrogens is 2. The molecule has 0 saturated carbocycles. The van der Waals surface area contributed by atoms with Gasteiger partial charge in [0.15, 0.2) is 0 Å². The van der Waals surface area contributed by atoms with Crippen molar-refractivity contribution in [2.75, 3.05) is 44.2 Å². The van der Waals surface area contributed by atoms with Gasteiger partial charge in [-0.2, -0.15) is 0 Å². The van der Waals surface area contributed by atoms with Crippen LogP contribution < -0.4 is 10.5 Å². The number of amides is 2. The Morgan fingerprint density at radius 3 is 2.58 bits per heavy atom. The van der Waals surface area contributed by atoms with E-state index in [9.17, 15) is 18.8 Å². The lowest BCUT2D eigenvalue weighted by molar-refractivity contribution is -0.133. The van der Waals surface area contributed by atoms with Crippen LogP contribution >= 0.6 is 11.3 Å². The number of halogens is 1. The van der Waals surface area contributed by atoms with Gasteiger partial charge in [0.05, 0.1) is 22.3 Å².